The first kappa shape index (κ1) is 16.8. The Bertz CT molecular complexity index is 460. The smallest absolute Gasteiger partial charge is 0.0546 e. The number of rotatable bonds is 7. The first-order valence-corrected chi connectivity index (χ1v) is 8.72. The van der Waals surface area contributed by atoms with Crippen molar-refractivity contribution in [1.82, 2.24) is 5.32 Å². The molecule has 0 saturated heterocycles. The van der Waals surface area contributed by atoms with Crippen LogP contribution in [-0.4, -0.2) is 31.3 Å². The standard InChI is InChI=1S/C17H27BrN2O/c1-4-7-19-12(2)16-6-5-14(10-17(16)18)20(3)11-13-8-15(21)9-13/h5-6,10,12-13,15,19,21H,4,7-9,11H2,1-3H3. The van der Waals surface area contributed by atoms with Gasteiger partial charge in [0, 0.05) is 29.8 Å². The van der Waals surface area contributed by atoms with Crippen molar-refractivity contribution in [3.8, 4) is 0 Å². The third-order valence-corrected chi connectivity index (χ3v) is 5.02. The van der Waals surface area contributed by atoms with Crippen LogP contribution in [0, 0.1) is 5.92 Å². The Labute approximate surface area is 136 Å². The van der Waals surface area contributed by atoms with Crippen LogP contribution in [0.5, 0.6) is 0 Å². The minimum atomic E-state index is -0.0667. The van der Waals surface area contributed by atoms with Gasteiger partial charge in [0.1, 0.15) is 0 Å². The summed E-state index contributed by atoms with van der Waals surface area (Å²) in [4.78, 5) is 2.29. The van der Waals surface area contributed by atoms with Crippen LogP contribution in [0.15, 0.2) is 22.7 Å². The van der Waals surface area contributed by atoms with E-state index in [0.29, 0.717) is 12.0 Å². The predicted molar refractivity (Wildman–Crippen MR) is 92.9 cm³/mol. The molecule has 4 heteroatoms. The molecular weight excluding hydrogens is 328 g/mol. The monoisotopic (exact) mass is 354 g/mol. The van der Waals surface area contributed by atoms with Gasteiger partial charge in [-0.25, -0.2) is 0 Å². The quantitative estimate of drug-likeness (QED) is 0.783. The Morgan fingerprint density at radius 2 is 2.14 bits per heavy atom. The fraction of sp³-hybridized carbons (Fsp3) is 0.647. The fourth-order valence-corrected chi connectivity index (χ4v) is 3.63. The number of hydrogen-bond donors (Lipinski definition) is 2. The van der Waals surface area contributed by atoms with E-state index in [1.165, 1.54) is 11.3 Å². The lowest BCUT2D eigenvalue weighted by Gasteiger charge is -2.35. The number of halogens is 1. The molecule has 0 heterocycles. The number of hydrogen-bond acceptors (Lipinski definition) is 3. The summed E-state index contributed by atoms with van der Waals surface area (Å²) >= 11 is 3.71. The van der Waals surface area contributed by atoms with Crippen molar-refractivity contribution >= 4 is 21.6 Å². The van der Waals surface area contributed by atoms with Gasteiger partial charge in [0.05, 0.1) is 6.10 Å². The van der Waals surface area contributed by atoms with Gasteiger partial charge in [-0.1, -0.05) is 28.9 Å². The van der Waals surface area contributed by atoms with Gasteiger partial charge in [0.25, 0.3) is 0 Å². The molecule has 1 unspecified atom stereocenters. The second-order valence-electron chi connectivity index (χ2n) is 6.25. The Hall–Kier alpha value is -0.580. The molecule has 0 radical (unpaired) electrons. The van der Waals surface area contributed by atoms with Gasteiger partial charge in [-0.3, -0.25) is 0 Å². The van der Waals surface area contributed by atoms with Gasteiger partial charge in [-0.05, 0) is 56.3 Å². The number of benzene rings is 1. The van der Waals surface area contributed by atoms with Crippen LogP contribution in [0.25, 0.3) is 0 Å². The van der Waals surface area contributed by atoms with Gasteiger partial charge < -0.3 is 15.3 Å². The lowest BCUT2D eigenvalue weighted by molar-refractivity contribution is 0.0465. The van der Waals surface area contributed by atoms with Crippen LogP contribution >= 0.6 is 15.9 Å². The molecule has 2 rings (SSSR count). The Morgan fingerprint density at radius 1 is 1.43 bits per heavy atom. The van der Waals surface area contributed by atoms with Crippen molar-refractivity contribution in [2.45, 2.75) is 45.3 Å². The van der Waals surface area contributed by atoms with Gasteiger partial charge in [0.2, 0.25) is 0 Å². The van der Waals surface area contributed by atoms with Crippen LogP contribution in [0.2, 0.25) is 0 Å². The summed E-state index contributed by atoms with van der Waals surface area (Å²) in [7, 11) is 2.13. The van der Waals surface area contributed by atoms with Gasteiger partial charge in [0.15, 0.2) is 0 Å². The van der Waals surface area contributed by atoms with Gasteiger partial charge in [-0.15, -0.1) is 0 Å². The molecule has 0 bridgehead atoms. The minimum absolute atomic E-state index is 0.0667. The van der Waals surface area contributed by atoms with E-state index in [-0.39, 0.29) is 6.10 Å². The van der Waals surface area contributed by atoms with Crippen molar-refractivity contribution in [3.63, 3.8) is 0 Å². The summed E-state index contributed by atoms with van der Waals surface area (Å²) in [6, 6.07) is 6.97. The lowest BCUT2D eigenvalue weighted by atomic mass is 9.82. The highest BCUT2D eigenvalue weighted by Crippen LogP contribution is 2.31. The topological polar surface area (TPSA) is 35.5 Å². The first-order valence-electron chi connectivity index (χ1n) is 7.93. The molecule has 2 N–H and O–H groups in total. The van der Waals surface area contributed by atoms with Crippen LogP contribution in [0.4, 0.5) is 5.69 Å². The summed E-state index contributed by atoms with van der Waals surface area (Å²) in [5.74, 6) is 0.633. The number of aliphatic hydroxyl groups excluding tert-OH is 1. The summed E-state index contributed by atoms with van der Waals surface area (Å²) in [6.07, 6.45) is 2.97. The summed E-state index contributed by atoms with van der Waals surface area (Å²) < 4.78 is 1.16. The second-order valence-corrected chi connectivity index (χ2v) is 7.11. The second kappa shape index (κ2) is 7.61. The molecule has 1 fully saturated rings. The molecule has 0 amide bonds. The third kappa shape index (κ3) is 4.44. The highest BCUT2D eigenvalue weighted by molar-refractivity contribution is 9.10. The van der Waals surface area contributed by atoms with Crippen molar-refractivity contribution in [1.29, 1.82) is 0 Å². The summed E-state index contributed by atoms with van der Waals surface area (Å²) in [5, 5.41) is 12.9. The molecule has 118 valence electrons. The molecule has 21 heavy (non-hydrogen) atoms. The fourth-order valence-electron chi connectivity index (χ4n) is 2.92. The van der Waals surface area contributed by atoms with E-state index in [0.717, 1.165) is 36.8 Å². The maximum Gasteiger partial charge on any atom is 0.0546 e. The van der Waals surface area contributed by atoms with Crippen LogP contribution < -0.4 is 10.2 Å². The Balaban J connectivity index is 1.97. The first-order chi connectivity index (χ1) is 10.0. The van der Waals surface area contributed by atoms with Crippen molar-refractivity contribution in [2.24, 2.45) is 5.92 Å². The van der Waals surface area contributed by atoms with Crippen LogP contribution in [0.3, 0.4) is 0 Å². The zero-order valence-corrected chi connectivity index (χ0v) is 14.9. The summed E-state index contributed by atoms with van der Waals surface area (Å²) in [5.41, 5.74) is 2.54. The van der Waals surface area contributed by atoms with E-state index in [4.69, 9.17) is 0 Å². The largest absolute Gasteiger partial charge is 0.393 e. The van der Waals surface area contributed by atoms with E-state index >= 15 is 0 Å². The normalized spacial score (nSPS) is 22.7. The molecule has 0 aliphatic heterocycles. The number of anilines is 1. The number of nitrogens with one attached hydrogen (secondary N) is 1. The van der Waals surface area contributed by atoms with Crippen molar-refractivity contribution in [2.75, 3.05) is 25.0 Å². The van der Waals surface area contributed by atoms with E-state index in [1.807, 2.05) is 0 Å². The molecule has 0 spiro atoms. The average Bonchev–Trinajstić information content (AvgIpc) is 2.42. The van der Waals surface area contributed by atoms with Crippen LogP contribution in [-0.2, 0) is 0 Å². The van der Waals surface area contributed by atoms with Gasteiger partial charge >= 0.3 is 0 Å². The maximum absolute atomic E-state index is 9.38. The molecule has 1 saturated carbocycles. The van der Waals surface area contributed by atoms with Crippen molar-refractivity contribution in [3.05, 3.63) is 28.2 Å². The molecular formula is C17H27BrN2O. The summed E-state index contributed by atoms with van der Waals surface area (Å²) in [6.45, 7) is 6.45. The number of aliphatic hydroxyl groups is 1. The number of nitrogens with zero attached hydrogens (tertiary/aromatic N) is 1. The minimum Gasteiger partial charge on any atom is -0.393 e. The predicted octanol–water partition coefficient (Wildman–Crippen LogP) is 3.72. The van der Waals surface area contributed by atoms with E-state index in [9.17, 15) is 5.11 Å². The van der Waals surface area contributed by atoms with Crippen molar-refractivity contribution < 1.29 is 5.11 Å². The molecule has 1 aliphatic carbocycles. The van der Waals surface area contributed by atoms with E-state index in [1.54, 1.807) is 0 Å². The molecule has 1 aromatic carbocycles. The highest BCUT2D eigenvalue weighted by Gasteiger charge is 2.28. The highest BCUT2D eigenvalue weighted by atomic mass is 79.9. The Morgan fingerprint density at radius 3 is 2.71 bits per heavy atom. The van der Waals surface area contributed by atoms with E-state index < -0.39 is 0 Å². The SMILES string of the molecule is CCCNC(C)c1ccc(N(C)CC2CC(O)C2)cc1Br. The molecule has 0 aromatic heterocycles. The van der Waals surface area contributed by atoms with Crippen LogP contribution in [0.1, 0.15) is 44.7 Å². The average molecular weight is 355 g/mol. The zero-order chi connectivity index (χ0) is 15.4. The maximum atomic E-state index is 9.38. The van der Waals surface area contributed by atoms with Gasteiger partial charge in [-0.2, -0.15) is 0 Å². The van der Waals surface area contributed by atoms with E-state index in [2.05, 4.69) is 65.2 Å². The lowest BCUT2D eigenvalue weighted by Crippen LogP contribution is -2.37. The molecule has 1 aromatic rings. The Kier molecular flexibility index (Phi) is 6.08. The molecule has 1 atom stereocenters. The molecule has 1 aliphatic rings. The zero-order valence-electron chi connectivity index (χ0n) is 13.3. The third-order valence-electron chi connectivity index (χ3n) is 4.33. The molecule has 3 nitrogen and oxygen atoms in total.